The summed E-state index contributed by atoms with van der Waals surface area (Å²) < 4.78 is 0. The van der Waals surface area contributed by atoms with Gasteiger partial charge in [0.05, 0.1) is 6.42 Å². The fraction of sp³-hybridized carbons (Fsp3) is 0.467. The summed E-state index contributed by atoms with van der Waals surface area (Å²) in [6.45, 7) is 7.14. The lowest BCUT2D eigenvalue weighted by atomic mass is 10.1. The summed E-state index contributed by atoms with van der Waals surface area (Å²) >= 11 is 0. The van der Waals surface area contributed by atoms with Gasteiger partial charge in [-0.3, -0.25) is 4.79 Å². The van der Waals surface area contributed by atoms with Crippen molar-refractivity contribution in [3.05, 3.63) is 29.3 Å². The Bertz CT molecular complexity index is 549. The van der Waals surface area contributed by atoms with E-state index in [1.165, 1.54) is 16.8 Å². The van der Waals surface area contributed by atoms with E-state index in [0.29, 0.717) is 13.1 Å². The van der Waals surface area contributed by atoms with E-state index in [9.17, 15) is 4.79 Å². The molecule has 1 aliphatic heterocycles. The zero-order chi connectivity index (χ0) is 15.4. The topological polar surface area (TPSA) is 82.2 Å². The number of piperazine rings is 1. The van der Waals surface area contributed by atoms with Crippen LogP contribution in [0.5, 0.6) is 0 Å². The van der Waals surface area contributed by atoms with Crippen LogP contribution in [0.25, 0.3) is 0 Å². The summed E-state index contributed by atoms with van der Waals surface area (Å²) in [5.74, 6) is -0.136. The standard InChI is InChI=1S/C15H22N4O2/c1-11-4-3-5-13(12(11)2)18-6-8-19(9-7-18)15(20)10-14(16)17-21/h3-5,21H,6-10H2,1-2H3,(H2,16,17). The van der Waals surface area contributed by atoms with Gasteiger partial charge in [-0.15, -0.1) is 0 Å². The molecule has 0 aliphatic carbocycles. The van der Waals surface area contributed by atoms with Crippen molar-refractivity contribution < 1.29 is 10.0 Å². The first-order chi connectivity index (χ1) is 10.0. The summed E-state index contributed by atoms with van der Waals surface area (Å²) in [5.41, 5.74) is 9.17. The van der Waals surface area contributed by atoms with Gasteiger partial charge in [-0.1, -0.05) is 17.3 Å². The predicted molar refractivity (Wildman–Crippen MR) is 82.7 cm³/mol. The molecule has 6 heteroatoms. The number of carbonyl (C=O) groups excluding carboxylic acids is 1. The Labute approximate surface area is 124 Å². The van der Waals surface area contributed by atoms with E-state index in [1.807, 2.05) is 0 Å². The van der Waals surface area contributed by atoms with E-state index < -0.39 is 0 Å². The molecule has 1 saturated heterocycles. The van der Waals surface area contributed by atoms with Gasteiger partial charge in [-0.25, -0.2) is 0 Å². The van der Waals surface area contributed by atoms with Gasteiger partial charge in [0.2, 0.25) is 5.91 Å². The molecule has 21 heavy (non-hydrogen) atoms. The molecule has 0 spiro atoms. The van der Waals surface area contributed by atoms with E-state index in [4.69, 9.17) is 10.9 Å². The van der Waals surface area contributed by atoms with Crippen molar-refractivity contribution in [1.29, 1.82) is 0 Å². The molecule has 2 rings (SSSR count). The van der Waals surface area contributed by atoms with Crippen molar-refractivity contribution in [1.82, 2.24) is 4.90 Å². The van der Waals surface area contributed by atoms with Gasteiger partial charge >= 0.3 is 0 Å². The second-order valence-electron chi connectivity index (χ2n) is 5.35. The molecule has 0 unspecified atom stereocenters. The van der Waals surface area contributed by atoms with Gasteiger partial charge in [0, 0.05) is 31.9 Å². The monoisotopic (exact) mass is 290 g/mol. The molecule has 3 N–H and O–H groups in total. The Morgan fingerprint density at radius 2 is 1.95 bits per heavy atom. The average Bonchev–Trinajstić information content (AvgIpc) is 2.50. The van der Waals surface area contributed by atoms with Crippen molar-refractivity contribution in [2.75, 3.05) is 31.1 Å². The van der Waals surface area contributed by atoms with Gasteiger partial charge in [-0.05, 0) is 31.0 Å². The third-order valence-electron chi connectivity index (χ3n) is 4.01. The maximum Gasteiger partial charge on any atom is 0.230 e. The van der Waals surface area contributed by atoms with Crippen molar-refractivity contribution in [2.45, 2.75) is 20.3 Å². The summed E-state index contributed by atoms with van der Waals surface area (Å²) in [4.78, 5) is 16.0. The maximum atomic E-state index is 12.0. The maximum absolute atomic E-state index is 12.0. The molecule has 0 saturated carbocycles. The minimum Gasteiger partial charge on any atom is -0.409 e. The van der Waals surface area contributed by atoms with Gasteiger partial charge in [0.1, 0.15) is 5.84 Å². The number of amidine groups is 1. The van der Waals surface area contributed by atoms with Crippen LogP contribution in [-0.4, -0.2) is 48.0 Å². The lowest BCUT2D eigenvalue weighted by molar-refractivity contribution is -0.130. The summed E-state index contributed by atoms with van der Waals surface area (Å²) in [7, 11) is 0. The second-order valence-corrected chi connectivity index (χ2v) is 5.35. The first kappa shape index (κ1) is 15.2. The Hall–Kier alpha value is -2.24. The molecule has 1 aromatic rings. The number of hydrogen-bond donors (Lipinski definition) is 2. The molecule has 0 bridgehead atoms. The highest BCUT2D eigenvalue weighted by Crippen LogP contribution is 2.23. The van der Waals surface area contributed by atoms with Gasteiger partial charge in [-0.2, -0.15) is 0 Å². The van der Waals surface area contributed by atoms with E-state index in [-0.39, 0.29) is 18.2 Å². The van der Waals surface area contributed by atoms with E-state index in [2.05, 4.69) is 42.1 Å². The zero-order valence-electron chi connectivity index (χ0n) is 12.5. The Kier molecular flexibility index (Phi) is 4.67. The van der Waals surface area contributed by atoms with Crippen LogP contribution in [0.1, 0.15) is 17.5 Å². The fourth-order valence-corrected chi connectivity index (χ4v) is 2.58. The third kappa shape index (κ3) is 3.45. The SMILES string of the molecule is Cc1cccc(N2CCN(C(=O)C/C(N)=N/O)CC2)c1C. The highest BCUT2D eigenvalue weighted by Gasteiger charge is 2.22. The lowest BCUT2D eigenvalue weighted by Gasteiger charge is -2.37. The van der Waals surface area contributed by atoms with Crippen LogP contribution in [0.4, 0.5) is 5.69 Å². The van der Waals surface area contributed by atoms with Crippen LogP contribution in [0.2, 0.25) is 0 Å². The molecule has 1 fully saturated rings. The predicted octanol–water partition coefficient (Wildman–Crippen LogP) is 1.09. The highest BCUT2D eigenvalue weighted by atomic mass is 16.4. The Morgan fingerprint density at radius 3 is 2.57 bits per heavy atom. The lowest BCUT2D eigenvalue weighted by Crippen LogP contribution is -2.49. The number of oxime groups is 1. The van der Waals surface area contributed by atoms with Gasteiger partial charge in [0.15, 0.2) is 0 Å². The van der Waals surface area contributed by atoms with Gasteiger partial charge in [0.25, 0.3) is 0 Å². The number of benzene rings is 1. The van der Waals surface area contributed by atoms with Crippen LogP contribution in [-0.2, 0) is 4.79 Å². The quantitative estimate of drug-likeness (QED) is 0.378. The van der Waals surface area contributed by atoms with E-state index in [1.54, 1.807) is 4.90 Å². The first-order valence-corrected chi connectivity index (χ1v) is 7.08. The number of nitrogens with two attached hydrogens (primary N) is 1. The molecule has 1 aromatic carbocycles. The van der Waals surface area contributed by atoms with Gasteiger partial charge < -0.3 is 20.7 Å². The summed E-state index contributed by atoms with van der Waals surface area (Å²) in [6, 6.07) is 6.29. The molecule has 114 valence electrons. The molecule has 0 aromatic heterocycles. The smallest absolute Gasteiger partial charge is 0.230 e. The Morgan fingerprint density at radius 1 is 1.29 bits per heavy atom. The number of hydrogen-bond acceptors (Lipinski definition) is 4. The highest BCUT2D eigenvalue weighted by molar-refractivity contribution is 5.98. The van der Waals surface area contributed by atoms with Crippen LogP contribution < -0.4 is 10.6 Å². The van der Waals surface area contributed by atoms with E-state index in [0.717, 1.165) is 13.1 Å². The number of rotatable bonds is 3. The zero-order valence-corrected chi connectivity index (χ0v) is 12.5. The average molecular weight is 290 g/mol. The third-order valence-corrected chi connectivity index (χ3v) is 4.01. The molecule has 1 heterocycles. The van der Waals surface area contributed by atoms with E-state index >= 15 is 0 Å². The van der Waals surface area contributed by atoms with Crippen molar-refractivity contribution in [3.8, 4) is 0 Å². The largest absolute Gasteiger partial charge is 0.409 e. The molecular formula is C15H22N4O2. The normalized spacial score (nSPS) is 16.2. The fourth-order valence-electron chi connectivity index (χ4n) is 2.58. The molecule has 0 radical (unpaired) electrons. The molecular weight excluding hydrogens is 268 g/mol. The van der Waals surface area contributed by atoms with Crippen molar-refractivity contribution in [2.24, 2.45) is 10.9 Å². The minimum absolute atomic E-state index is 0.0278. The molecule has 6 nitrogen and oxygen atoms in total. The summed E-state index contributed by atoms with van der Waals surface area (Å²) in [6.07, 6.45) is -0.0278. The van der Waals surface area contributed by atoms with Crippen LogP contribution in [0.15, 0.2) is 23.4 Å². The molecule has 0 atom stereocenters. The molecule has 1 amide bonds. The number of aryl methyl sites for hydroxylation is 1. The van der Waals surface area contributed by atoms with Crippen molar-refractivity contribution in [3.63, 3.8) is 0 Å². The van der Waals surface area contributed by atoms with Crippen molar-refractivity contribution >= 4 is 17.4 Å². The number of amides is 1. The summed E-state index contributed by atoms with van der Waals surface area (Å²) in [5, 5.41) is 11.4. The van der Waals surface area contributed by atoms with Crippen LogP contribution in [0.3, 0.4) is 0 Å². The molecule has 1 aliphatic rings. The van der Waals surface area contributed by atoms with Crippen LogP contribution >= 0.6 is 0 Å². The number of carbonyl (C=O) groups is 1. The number of nitrogens with zero attached hydrogens (tertiary/aromatic N) is 3. The van der Waals surface area contributed by atoms with Crippen LogP contribution in [0, 0.1) is 13.8 Å². The second kappa shape index (κ2) is 6.47. The first-order valence-electron chi connectivity index (χ1n) is 7.08. The Balaban J connectivity index is 1.97. The minimum atomic E-state index is -0.0917. The number of anilines is 1.